The third-order valence-corrected chi connectivity index (χ3v) is 4.79. The van der Waals surface area contributed by atoms with Gasteiger partial charge in [-0.15, -0.1) is 5.10 Å². The topological polar surface area (TPSA) is 84.7 Å². The highest BCUT2D eigenvalue weighted by Gasteiger charge is 2.34. The average Bonchev–Trinajstić information content (AvgIpc) is 2.90. The molecule has 2 atom stereocenters. The number of ether oxygens (including phenoxy) is 1. The number of piperidine rings is 1. The molecule has 3 heterocycles. The average molecular weight is 427 g/mol. The zero-order valence-corrected chi connectivity index (χ0v) is 18.2. The van der Waals surface area contributed by atoms with Crippen LogP contribution in [0.4, 0.5) is 15.1 Å². The van der Waals surface area contributed by atoms with Crippen LogP contribution in [0, 0.1) is 5.92 Å². The number of aromatic nitrogens is 4. The van der Waals surface area contributed by atoms with E-state index in [0.717, 1.165) is 5.82 Å². The molecule has 1 N–H and O–H groups in total. The molecule has 0 saturated carbocycles. The molecular formula is C19H28ClFN6O2. The first-order valence-electron chi connectivity index (χ1n) is 9.82. The fourth-order valence-corrected chi connectivity index (χ4v) is 3.42. The van der Waals surface area contributed by atoms with Gasteiger partial charge in [-0.25, -0.2) is 23.7 Å². The number of carbonyl (C=O) groups excluding carboxylic acids is 1. The first-order chi connectivity index (χ1) is 13.5. The van der Waals surface area contributed by atoms with Gasteiger partial charge in [-0.1, -0.05) is 25.4 Å². The Kier molecular flexibility index (Phi) is 6.16. The van der Waals surface area contributed by atoms with E-state index in [1.54, 1.807) is 31.5 Å². The Bertz CT molecular complexity index is 881. The van der Waals surface area contributed by atoms with Gasteiger partial charge in [0.25, 0.3) is 0 Å². The zero-order valence-electron chi connectivity index (χ0n) is 17.4. The molecule has 1 amide bonds. The molecule has 1 aliphatic rings. The van der Waals surface area contributed by atoms with Crippen LogP contribution >= 0.6 is 11.6 Å². The number of nitrogens with zero attached hydrogens (tertiary/aromatic N) is 5. The molecule has 1 fully saturated rings. The van der Waals surface area contributed by atoms with Gasteiger partial charge in [-0.3, -0.25) is 0 Å². The van der Waals surface area contributed by atoms with E-state index in [-0.39, 0.29) is 6.54 Å². The summed E-state index contributed by atoms with van der Waals surface area (Å²) in [5.74, 6) is 1.42. The van der Waals surface area contributed by atoms with Gasteiger partial charge in [0.15, 0.2) is 5.15 Å². The normalized spacial score (nSPS) is 20.3. The SMILES string of the molecule is CC(C)Cc1nc(Cl)c2cnc(N[C@H]3CCN(C(=O)OC(C)(C)C)C[C@@H]3F)nn12. The highest BCUT2D eigenvalue weighted by atomic mass is 35.5. The molecule has 0 radical (unpaired) electrons. The highest BCUT2D eigenvalue weighted by Crippen LogP contribution is 2.22. The molecule has 2 aromatic rings. The Hall–Kier alpha value is -2.16. The van der Waals surface area contributed by atoms with Crippen molar-refractivity contribution < 1.29 is 13.9 Å². The summed E-state index contributed by atoms with van der Waals surface area (Å²) in [6, 6.07) is -0.501. The minimum absolute atomic E-state index is 0.0374. The second-order valence-corrected chi connectivity index (χ2v) is 9.14. The fraction of sp³-hybridized carbons (Fsp3) is 0.684. The maximum Gasteiger partial charge on any atom is 0.410 e. The molecule has 10 heteroatoms. The number of fused-ring (bicyclic) bond motifs is 1. The molecule has 160 valence electrons. The predicted molar refractivity (Wildman–Crippen MR) is 109 cm³/mol. The summed E-state index contributed by atoms with van der Waals surface area (Å²) in [6.45, 7) is 9.89. The third-order valence-electron chi connectivity index (χ3n) is 4.51. The van der Waals surface area contributed by atoms with Crippen LogP contribution in [0.25, 0.3) is 5.52 Å². The van der Waals surface area contributed by atoms with E-state index in [1.165, 1.54) is 4.90 Å². The Balaban J connectivity index is 1.69. The van der Waals surface area contributed by atoms with Gasteiger partial charge in [0, 0.05) is 13.0 Å². The van der Waals surface area contributed by atoms with Crippen LogP contribution in [0.1, 0.15) is 46.9 Å². The van der Waals surface area contributed by atoms with Crippen LogP contribution in [0.2, 0.25) is 5.15 Å². The van der Waals surface area contributed by atoms with E-state index in [2.05, 4.69) is 34.2 Å². The molecular weight excluding hydrogens is 399 g/mol. The Morgan fingerprint density at radius 2 is 2.17 bits per heavy atom. The lowest BCUT2D eigenvalue weighted by molar-refractivity contribution is 0.0125. The second-order valence-electron chi connectivity index (χ2n) is 8.78. The van der Waals surface area contributed by atoms with Crippen LogP contribution in [-0.4, -0.2) is 61.5 Å². The van der Waals surface area contributed by atoms with Crippen molar-refractivity contribution in [1.82, 2.24) is 24.5 Å². The van der Waals surface area contributed by atoms with Gasteiger partial charge in [-0.2, -0.15) is 0 Å². The zero-order chi connectivity index (χ0) is 21.3. The predicted octanol–water partition coefficient (Wildman–Crippen LogP) is 3.74. The van der Waals surface area contributed by atoms with E-state index in [4.69, 9.17) is 16.3 Å². The Morgan fingerprint density at radius 1 is 1.45 bits per heavy atom. The molecule has 0 aliphatic carbocycles. The maximum absolute atomic E-state index is 14.7. The molecule has 8 nitrogen and oxygen atoms in total. The molecule has 29 heavy (non-hydrogen) atoms. The monoisotopic (exact) mass is 426 g/mol. The molecule has 0 unspecified atom stereocenters. The number of alkyl halides is 1. The summed E-state index contributed by atoms with van der Waals surface area (Å²) in [6.07, 6.45) is 0.951. The molecule has 1 aliphatic heterocycles. The number of nitrogens with one attached hydrogen (secondary N) is 1. The van der Waals surface area contributed by atoms with Crippen molar-refractivity contribution in [2.75, 3.05) is 18.4 Å². The fourth-order valence-electron chi connectivity index (χ4n) is 3.20. The number of hydrogen-bond donors (Lipinski definition) is 1. The summed E-state index contributed by atoms with van der Waals surface area (Å²) >= 11 is 6.18. The molecule has 3 rings (SSSR count). The number of carbonyl (C=O) groups is 1. The van der Waals surface area contributed by atoms with E-state index in [9.17, 15) is 9.18 Å². The van der Waals surface area contributed by atoms with Crippen LogP contribution in [-0.2, 0) is 11.2 Å². The van der Waals surface area contributed by atoms with Crippen LogP contribution in [0.5, 0.6) is 0 Å². The van der Waals surface area contributed by atoms with Crippen molar-refractivity contribution in [2.24, 2.45) is 5.92 Å². The summed E-state index contributed by atoms with van der Waals surface area (Å²) < 4.78 is 21.7. The molecule has 0 aromatic carbocycles. The van der Waals surface area contributed by atoms with E-state index < -0.39 is 23.9 Å². The van der Waals surface area contributed by atoms with E-state index in [1.807, 2.05) is 0 Å². The number of imidazole rings is 1. The quantitative estimate of drug-likeness (QED) is 0.801. The van der Waals surface area contributed by atoms with Crippen molar-refractivity contribution in [3.05, 3.63) is 17.2 Å². The first kappa shape index (κ1) is 21.5. The van der Waals surface area contributed by atoms with Crippen LogP contribution in [0.3, 0.4) is 0 Å². The number of hydrogen-bond acceptors (Lipinski definition) is 6. The summed E-state index contributed by atoms with van der Waals surface area (Å²) in [7, 11) is 0. The van der Waals surface area contributed by atoms with E-state index >= 15 is 0 Å². The van der Waals surface area contributed by atoms with Crippen molar-refractivity contribution in [3.8, 4) is 0 Å². The van der Waals surface area contributed by atoms with Crippen LogP contribution in [0.15, 0.2) is 6.20 Å². The number of halogens is 2. The summed E-state index contributed by atoms with van der Waals surface area (Å²) in [5, 5.41) is 7.86. The number of amides is 1. The van der Waals surface area contributed by atoms with Crippen molar-refractivity contribution in [3.63, 3.8) is 0 Å². The third kappa shape index (κ3) is 5.26. The van der Waals surface area contributed by atoms with Crippen molar-refractivity contribution in [1.29, 1.82) is 0 Å². The van der Waals surface area contributed by atoms with Crippen LogP contribution < -0.4 is 5.32 Å². The lowest BCUT2D eigenvalue weighted by Gasteiger charge is -2.35. The lowest BCUT2D eigenvalue weighted by atomic mass is 10.0. The second kappa shape index (κ2) is 8.30. The highest BCUT2D eigenvalue weighted by molar-refractivity contribution is 6.32. The largest absolute Gasteiger partial charge is 0.444 e. The van der Waals surface area contributed by atoms with Crippen molar-refractivity contribution >= 4 is 29.2 Å². The molecule has 0 spiro atoms. The first-order valence-corrected chi connectivity index (χ1v) is 10.2. The summed E-state index contributed by atoms with van der Waals surface area (Å²) in [5.41, 5.74) is 0.00509. The van der Waals surface area contributed by atoms with Crippen molar-refractivity contribution in [2.45, 2.75) is 65.3 Å². The summed E-state index contributed by atoms with van der Waals surface area (Å²) in [4.78, 5) is 22.2. The van der Waals surface area contributed by atoms with E-state index in [0.29, 0.717) is 41.9 Å². The Morgan fingerprint density at radius 3 is 2.79 bits per heavy atom. The minimum atomic E-state index is -1.27. The number of rotatable bonds is 4. The molecule has 2 aromatic heterocycles. The van der Waals surface area contributed by atoms with Gasteiger partial charge < -0.3 is 15.0 Å². The molecule has 0 bridgehead atoms. The number of likely N-dealkylation sites (tertiary alicyclic amines) is 1. The lowest BCUT2D eigenvalue weighted by Crippen LogP contribution is -2.51. The van der Waals surface area contributed by atoms with Gasteiger partial charge in [0.2, 0.25) is 5.95 Å². The van der Waals surface area contributed by atoms with Gasteiger partial charge in [0.1, 0.15) is 23.1 Å². The Labute approximate surface area is 174 Å². The number of anilines is 1. The van der Waals surface area contributed by atoms with Gasteiger partial charge in [-0.05, 0) is 33.1 Å². The molecule has 1 saturated heterocycles. The van der Waals surface area contributed by atoms with Gasteiger partial charge in [0.05, 0.1) is 18.8 Å². The maximum atomic E-state index is 14.7. The van der Waals surface area contributed by atoms with Gasteiger partial charge >= 0.3 is 6.09 Å². The standard InChI is InChI=1S/C19H28ClFN6O2/c1-11(2)8-15-24-16(20)14-9-22-17(25-27(14)15)23-13-6-7-26(10-12(13)21)18(28)29-19(3,4)5/h9,11-13H,6-8,10H2,1-5H3,(H,23,25)/t12-,13-/m0/s1. The smallest absolute Gasteiger partial charge is 0.410 e. The minimum Gasteiger partial charge on any atom is -0.444 e.